The Morgan fingerprint density at radius 2 is 2.21 bits per heavy atom. The molecule has 1 aromatic heterocycles. The fraction of sp³-hybridized carbons (Fsp3) is 0.385. The molecule has 100 valence electrons. The van der Waals surface area contributed by atoms with Crippen LogP contribution in [0, 0.1) is 5.41 Å². The van der Waals surface area contributed by atoms with E-state index in [1.807, 2.05) is 6.26 Å². The van der Waals surface area contributed by atoms with E-state index in [0.29, 0.717) is 5.04 Å². The van der Waals surface area contributed by atoms with Gasteiger partial charge in [0, 0.05) is 13.1 Å². The summed E-state index contributed by atoms with van der Waals surface area (Å²) < 4.78 is 6.55. The molecule has 4 nitrogen and oxygen atoms in total. The summed E-state index contributed by atoms with van der Waals surface area (Å²) in [5.41, 5.74) is 2.18. The lowest BCUT2D eigenvalue weighted by Crippen LogP contribution is -2.36. The van der Waals surface area contributed by atoms with Crippen LogP contribution in [0.25, 0.3) is 10.2 Å². The van der Waals surface area contributed by atoms with Gasteiger partial charge in [-0.3, -0.25) is 5.41 Å². The first-order chi connectivity index (χ1) is 9.29. The molecule has 0 radical (unpaired) electrons. The van der Waals surface area contributed by atoms with E-state index in [0.717, 1.165) is 47.2 Å². The van der Waals surface area contributed by atoms with Crippen molar-refractivity contribution in [3.05, 3.63) is 23.2 Å². The van der Waals surface area contributed by atoms with Crippen molar-refractivity contribution in [2.45, 2.75) is 0 Å². The van der Waals surface area contributed by atoms with E-state index in [-0.39, 0.29) is 0 Å². The number of aromatic nitrogens is 1. The van der Waals surface area contributed by atoms with Gasteiger partial charge in [-0.05, 0) is 18.4 Å². The summed E-state index contributed by atoms with van der Waals surface area (Å²) in [5, 5.41) is 9.25. The molecule has 0 spiro atoms. The molecule has 0 aliphatic carbocycles. The number of rotatable bonds is 2. The lowest BCUT2D eigenvalue weighted by Gasteiger charge is -2.28. The molecule has 2 aromatic rings. The molecule has 1 aromatic carbocycles. The number of benzene rings is 1. The second kappa shape index (κ2) is 5.48. The van der Waals surface area contributed by atoms with Gasteiger partial charge in [-0.2, -0.15) is 0 Å². The van der Waals surface area contributed by atoms with Crippen molar-refractivity contribution in [3.63, 3.8) is 0 Å². The third kappa shape index (κ3) is 2.48. The summed E-state index contributed by atoms with van der Waals surface area (Å²) in [6, 6.07) is 6.26. The number of para-hydroxylation sites is 1. The maximum absolute atomic E-state index is 7.90. The molecule has 0 bridgehead atoms. The summed E-state index contributed by atoms with van der Waals surface area (Å²) in [7, 11) is 0. The minimum Gasteiger partial charge on any atom is -0.378 e. The van der Waals surface area contributed by atoms with Gasteiger partial charge in [0.1, 0.15) is 15.6 Å². The quantitative estimate of drug-likeness (QED) is 0.683. The van der Waals surface area contributed by atoms with Crippen LogP contribution in [0.1, 0.15) is 5.01 Å². The molecule has 1 saturated heterocycles. The van der Waals surface area contributed by atoms with Crippen LogP contribution in [0.2, 0.25) is 0 Å². The molecule has 3 rings (SSSR count). The van der Waals surface area contributed by atoms with Crippen LogP contribution in [0.3, 0.4) is 0 Å². The highest BCUT2D eigenvalue weighted by molar-refractivity contribution is 8.14. The molecule has 0 unspecified atom stereocenters. The predicted octanol–water partition coefficient (Wildman–Crippen LogP) is 2.82. The molecule has 0 amide bonds. The minimum absolute atomic E-state index is 0.536. The van der Waals surface area contributed by atoms with Crippen molar-refractivity contribution in [2.24, 2.45) is 0 Å². The zero-order chi connectivity index (χ0) is 13.2. The Labute approximate surface area is 120 Å². The molecule has 2 heterocycles. The number of hydrogen-bond donors (Lipinski definition) is 1. The molecule has 0 atom stereocenters. The number of nitrogens with one attached hydrogen (secondary N) is 1. The Morgan fingerprint density at radius 1 is 1.42 bits per heavy atom. The maximum atomic E-state index is 7.90. The second-order valence-corrected chi connectivity index (χ2v) is 6.12. The van der Waals surface area contributed by atoms with Crippen molar-refractivity contribution >= 4 is 44.0 Å². The van der Waals surface area contributed by atoms with E-state index in [4.69, 9.17) is 10.1 Å². The number of morpholine rings is 1. The molecule has 1 aliphatic rings. The SMILES string of the molecule is CSC(=N)c1nc2c(N3CCOCC3)cccc2s1. The summed E-state index contributed by atoms with van der Waals surface area (Å²) in [6.45, 7) is 3.36. The Hall–Kier alpha value is -1.11. The van der Waals surface area contributed by atoms with E-state index in [1.54, 1.807) is 11.3 Å². The zero-order valence-electron chi connectivity index (χ0n) is 10.7. The zero-order valence-corrected chi connectivity index (χ0v) is 12.3. The largest absolute Gasteiger partial charge is 0.378 e. The smallest absolute Gasteiger partial charge is 0.149 e. The van der Waals surface area contributed by atoms with Gasteiger partial charge in [0.25, 0.3) is 0 Å². The van der Waals surface area contributed by atoms with E-state index in [2.05, 4.69) is 28.1 Å². The van der Waals surface area contributed by atoms with Crippen LogP contribution < -0.4 is 4.90 Å². The standard InChI is InChI=1S/C13H15N3OS2/c1-18-12(14)13-15-11-9(3-2-4-10(11)19-13)16-5-7-17-8-6-16/h2-4,14H,5-8H2,1H3. The summed E-state index contributed by atoms with van der Waals surface area (Å²) in [4.78, 5) is 6.97. The third-order valence-corrected chi connectivity index (χ3v) is 4.92. The lowest BCUT2D eigenvalue weighted by molar-refractivity contribution is 0.123. The molecular formula is C13H15N3OS2. The van der Waals surface area contributed by atoms with Gasteiger partial charge < -0.3 is 9.64 Å². The third-order valence-electron chi connectivity index (χ3n) is 3.15. The molecule has 0 saturated carbocycles. The van der Waals surface area contributed by atoms with Gasteiger partial charge in [0.05, 0.1) is 23.6 Å². The van der Waals surface area contributed by atoms with Crippen molar-refractivity contribution in [3.8, 4) is 0 Å². The van der Waals surface area contributed by atoms with Gasteiger partial charge in [-0.25, -0.2) is 4.98 Å². The first-order valence-electron chi connectivity index (χ1n) is 6.15. The number of thioether (sulfide) groups is 1. The van der Waals surface area contributed by atoms with Gasteiger partial charge in [0.2, 0.25) is 0 Å². The highest BCUT2D eigenvalue weighted by Gasteiger charge is 2.17. The van der Waals surface area contributed by atoms with Gasteiger partial charge >= 0.3 is 0 Å². The average molecular weight is 293 g/mol. The van der Waals surface area contributed by atoms with E-state index < -0.39 is 0 Å². The van der Waals surface area contributed by atoms with Crippen LogP contribution in [-0.2, 0) is 4.74 Å². The Kier molecular flexibility index (Phi) is 3.72. The number of anilines is 1. The number of thiazole rings is 1. The summed E-state index contributed by atoms with van der Waals surface area (Å²) in [6.07, 6.45) is 1.91. The Balaban J connectivity index is 2.04. The summed E-state index contributed by atoms with van der Waals surface area (Å²) in [5.74, 6) is 0. The first kappa shape index (κ1) is 12.9. The monoisotopic (exact) mass is 293 g/mol. The van der Waals surface area contributed by atoms with Gasteiger partial charge in [-0.15, -0.1) is 23.1 Å². The molecular weight excluding hydrogens is 278 g/mol. The highest BCUT2D eigenvalue weighted by atomic mass is 32.2. The van der Waals surface area contributed by atoms with Crippen LogP contribution in [0.15, 0.2) is 18.2 Å². The number of nitrogens with zero attached hydrogens (tertiary/aromatic N) is 2. The van der Waals surface area contributed by atoms with E-state index in [1.165, 1.54) is 11.8 Å². The van der Waals surface area contributed by atoms with Crippen LogP contribution in [-0.4, -0.2) is 42.6 Å². The van der Waals surface area contributed by atoms with Crippen LogP contribution in [0.4, 0.5) is 5.69 Å². The van der Waals surface area contributed by atoms with Gasteiger partial charge in [-0.1, -0.05) is 6.07 Å². The Bertz CT molecular complexity index is 605. The van der Waals surface area contributed by atoms with Crippen molar-refractivity contribution in [2.75, 3.05) is 37.5 Å². The highest BCUT2D eigenvalue weighted by Crippen LogP contribution is 2.32. The molecule has 1 fully saturated rings. The predicted molar refractivity (Wildman–Crippen MR) is 83.0 cm³/mol. The van der Waals surface area contributed by atoms with Crippen LogP contribution in [0.5, 0.6) is 0 Å². The molecule has 19 heavy (non-hydrogen) atoms. The minimum atomic E-state index is 0.536. The fourth-order valence-corrected chi connectivity index (χ4v) is 3.60. The topological polar surface area (TPSA) is 49.2 Å². The van der Waals surface area contributed by atoms with Crippen molar-refractivity contribution in [1.82, 2.24) is 4.98 Å². The molecule has 6 heteroatoms. The molecule has 1 N–H and O–H groups in total. The number of hydrogen-bond acceptors (Lipinski definition) is 6. The van der Waals surface area contributed by atoms with Crippen molar-refractivity contribution in [1.29, 1.82) is 5.41 Å². The maximum Gasteiger partial charge on any atom is 0.149 e. The normalized spacial score (nSPS) is 15.9. The molecule has 1 aliphatic heterocycles. The fourth-order valence-electron chi connectivity index (χ4n) is 2.18. The average Bonchev–Trinajstić information content (AvgIpc) is 2.91. The number of ether oxygens (including phenoxy) is 1. The summed E-state index contributed by atoms with van der Waals surface area (Å²) >= 11 is 3.03. The van der Waals surface area contributed by atoms with Gasteiger partial charge in [0.15, 0.2) is 0 Å². The van der Waals surface area contributed by atoms with Crippen LogP contribution >= 0.6 is 23.1 Å². The lowest BCUT2D eigenvalue weighted by atomic mass is 10.2. The second-order valence-electron chi connectivity index (χ2n) is 4.28. The number of fused-ring (bicyclic) bond motifs is 1. The van der Waals surface area contributed by atoms with Crippen molar-refractivity contribution < 1.29 is 4.74 Å². The Morgan fingerprint density at radius 3 is 2.95 bits per heavy atom. The first-order valence-corrected chi connectivity index (χ1v) is 8.19. The van der Waals surface area contributed by atoms with E-state index >= 15 is 0 Å². The van der Waals surface area contributed by atoms with E-state index in [9.17, 15) is 0 Å².